The first-order valence-electron chi connectivity index (χ1n) is 4.50. The summed E-state index contributed by atoms with van der Waals surface area (Å²) in [4.78, 5) is 1.14. The predicted octanol–water partition coefficient (Wildman–Crippen LogP) is 3.15. The van der Waals surface area contributed by atoms with Crippen molar-refractivity contribution >= 4 is 15.9 Å². The van der Waals surface area contributed by atoms with Crippen molar-refractivity contribution in [1.29, 1.82) is 0 Å². The highest BCUT2D eigenvalue weighted by Crippen LogP contribution is 2.24. The molecule has 0 heterocycles. The molecule has 16 heavy (non-hydrogen) atoms. The van der Waals surface area contributed by atoms with Gasteiger partial charge in [0.2, 0.25) is 0 Å². The molecule has 0 unspecified atom stereocenters. The predicted molar refractivity (Wildman–Crippen MR) is 58.2 cm³/mol. The first-order chi connectivity index (χ1) is 7.28. The number of benzene rings is 1. The normalized spacial score (nSPS) is 12.1. The van der Waals surface area contributed by atoms with Crippen LogP contribution < -0.4 is 0 Å². The first kappa shape index (κ1) is 13.3. The zero-order valence-corrected chi connectivity index (χ0v) is 10.1. The van der Waals surface area contributed by atoms with Crippen LogP contribution in [-0.2, 0) is 6.54 Å². The molecule has 1 aromatic rings. The van der Waals surface area contributed by atoms with E-state index in [1.54, 1.807) is 6.07 Å². The lowest BCUT2D eigenvalue weighted by molar-refractivity contribution is -0.144. The van der Waals surface area contributed by atoms with Gasteiger partial charge in [0.05, 0.1) is 6.54 Å². The zero-order valence-electron chi connectivity index (χ0n) is 8.55. The van der Waals surface area contributed by atoms with Gasteiger partial charge in [-0.15, -0.1) is 0 Å². The fourth-order valence-corrected chi connectivity index (χ4v) is 1.71. The monoisotopic (exact) mass is 297 g/mol. The molecule has 0 aromatic heterocycles. The lowest BCUT2D eigenvalue weighted by Crippen LogP contribution is -2.30. The summed E-state index contributed by atoms with van der Waals surface area (Å²) in [5.74, 6) is 0.0404. The number of phenolic OH excluding ortho intramolecular Hbond substituents is 1. The molecule has 1 N–H and O–H groups in total. The van der Waals surface area contributed by atoms with Gasteiger partial charge in [0.25, 0.3) is 0 Å². The van der Waals surface area contributed by atoms with E-state index >= 15 is 0 Å². The molecule has 0 atom stereocenters. The van der Waals surface area contributed by atoms with Gasteiger partial charge in [-0.25, -0.2) is 0 Å². The SMILES string of the molecule is CN(Cc1cc(O)ccc1Br)CC(F)(F)F. The van der Waals surface area contributed by atoms with Gasteiger partial charge in [0.1, 0.15) is 5.75 Å². The maximum Gasteiger partial charge on any atom is 0.401 e. The number of aromatic hydroxyl groups is 1. The summed E-state index contributed by atoms with van der Waals surface area (Å²) in [6, 6.07) is 4.51. The second-order valence-electron chi connectivity index (χ2n) is 3.56. The Kier molecular flexibility index (Phi) is 4.21. The van der Waals surface area contributed by atoms with Crippen molar-refractivity contribution in [3.8, 4) is 5.75 Å². The van der Waals surface area contributed by atoms with Crippen molar-refractivity contribution < 1.29 is 18.3 Å². The Bertz CT molecular complexity index is 368. The molecular weight excluding hydrogens is 287 g/mol. The Morgan fingerprint density at radius 1 is 1.38 bits per heavy atom. The molecule has 1 rings (SSSR count). The number of hydrogen-bond donors (Lipinski definition) is 1. The van der Waals surface area contributed by atoms with Crippen molar-refractivity contribution in [3.63, 3.8) is 0 Å². The van der Waals surface area contributed by atoms with Crippen molar-refractivity contribution in [2.75, 3.05) is 13.6 Å². The van der Waals surface area contributed by atoms with Gasteiger partial charge in [-0.1, -0.05) is 15.9 Å². The number of phenols is 1. The van der Waals surface area contributed by atoms with Gasteiger partial charge in [-0.3, -0.25) is 4.90 Å². The topological polar surface area (TPSA) is 23.5 Å². The third-order valence-electron chi connectivity index (χ3n) is 1.92. The van der Waals surface area contributed by atoms with Crippen LogP contribution in [0.1, 0.15) is 5.56 Å². The first-order valence-corrected chi connectivity index (χ1v) is 5.30. The highest BCUT2D eigenvalue weighted by atomic mass is 79.9. The van der Waals surface area contributed by atoms with Gasteiger partial charge in [-0.2, -0.15) is 13.2 Å². The average Bonchev–Trinajstić information content (AvgIpc) is 2.08. The molecule has 0 radical (unpaired) electrons. The molecule has 2 nitrogen and oxygen atoms in total. The summed E-state index contributed by atoms with van der Waals surface area (Å²) in [6.07, 6.45) is -4.21. The van der Waals surface area contributed by atoms with E-state index in [9.17, 15) is 18.3 Å². The van der Waals surface area contributed by atoms with E-state index in [0.717, 1.165) is 4.90 Å². The third kappa shape index (κ3) is 4.40. The van der Waals surface area contributed by atoms with Gasteiger partial charge < -0.3 is 5.11 Å². The van der Waals surface area contributed by atoms with Crippen LogP contribution in [0.25, 0.3) is 0 Å². The lowest BCUT2D eigenvalue weighted by atomic mass is 10.2. The fourth-order valence-electron chi connectivity index (χ4n) is 1.34. The number of alkyl halides is 3. The number of rotatable bonds is 3. The van der Waals surface area contributed by atoms with Crippen LogP contribution in [0.2, 0.25) is 0 Å². The summed E-state index contributed by atoms with van der Waals surface area (Å²) in [5, 5.41) is 9.22. The quantitative estimate of drug-likeness (QED) is 0.926. The van der Waals surface area contributed by atoms with E-state index in [0.29, 0.717) is 10.0 Å². The minimum Gasteiger partial charge on any atom is -0.508 e. The molecule has 0 bridgehead atoms. The van der Waals surface area contributed by atoms with Crippen LogP contribution in [0.5, 0.6) is 5.75 Å². The summed E-state index contributed by atoms with van der Waals surface area (Å²) in [7, 11) is 1.38. The van der Waals surface area contributed by atoms with E-state index < -0.39 is 12.7 Å². The van der Waals surface area contributed by atoms with Gasteiger partial charge in [0, 0.05) is 11.0 Å². The number of hydrogen-bond acceptors (Lipinski definition) is 2. The zero-order chi connectivity index (χ0) is 12.3. The van der Waals surface area contributed by atoms with Crippen LogP contribution in [0, 0.1) is 0 Å². The maximum atomic E-state index is 12.1. The Morgan fingerprint density at radius 3 is 2.56 bits per heavy atom. The Morgan fingerprint density at radius 2 is 2.00 bits per heavy atom. The van der Waals surface area contributed by atoms with Gasteiger partial charge in [-0.05, 0) is 30.8 Å². The third-order valence-corrected chi connectivity index (χ3v) is 2.69. The summed E-state index contributed by atoms with van der Waals surface area (Å²) >= 11 is 3.22. The molecule has 0 saturated heterocycles. The van der Waals surface area contributed by atoms with Gasteiger partial charge >= 0.3 is 6.18 Å². The molecule has 0 fully saturated rings. The van der Waals surface area contributed by atoms with Crippen molar-refractivity contribution in [3.05, 3.63) is 28.2 Å². The van der Waals surface area contributed by atoms with Crippen LogP contribution >= 0.6 is 15.9 Å². The fraction of sp³-hybridized carbons (Fsp3) is 0.400. The minimum absolute atomic E-state index is 0.0404. The standard InChI is InChI=1S/C10H11BrF3NO/c1-15(6-10(12,13)14)5-7-4-8(16)2-3-9(7)11/h2-4,16H,5-6H2,1H3. The molecule has 0 aliphatic carbocycles. The summed E-state index contributed by atoms with van der Waals surface area (Å²) < 4.78 is 36.9. The molecule has 1 aromatic carbocycles. The van der Waals surface area contributed by atoms with E-state index in [2.05, 4.69) is 15.9 Å². The van der Waals surface area contributed by atoms with Gasteiger partial charge in [0.15, 0.2) is 0 Å². The van der Waals surface area contributed by atoms with E-state index in [1.165, 1.54) is 19.2 Å². The second kappa shape index (κ2) is 5.05. The van der Waals surface area contributed by atoms with Crippen molar-refractivity contribution in [2.45, 2.75) is 12.7 Å². The van der Waals surface area contributed by atoms with E-state index in [-0.39, 0.29) is 12.3 Å². The van der Waals surface area contributed by atoms with Crippen LogP contribution in [-0.4, -0.2) is 29.8 Å². The van der Waals surface area contributed by atoms with Crippen LogP contribution in [0.3, 0.4) is 0 Å². The molecule has 6 heteroatoms. The van der Waals surface area contributed by atoms with Crippen LogP contribution in [0.4, 0.5) is 13.2 Å². The smallest absolute Gasteiger partial charge is 0.401 e. The van der Waals surface area contributed by atoms with Crippen molar-refractivity contribution in [1.82, 2.24) is 4.90 Å². The Labute approximate surface area is 99.8 Å². The highest BCUT2D eigenvalue weighted by Gasteiger charge is 2.29. The molecule has 90 valence electrons. The number of halogens is 4. The second-order valence-corrected chi connectivity index (χ2v) is 4.42. The molecular formula is C10H11BrF3NO. The molecule has 0 aliphatic rings. The molecule has 0 amide bonds. The summed E-state index contributed by atoms with van der Waals surface area (Å²) in [5.41, 5.74) is 0.617. The molecule has 0 aliphatic heterocycles. The average molecular weight is 298 g/mol. The molecule has 0 saturated carbocycles. The van der Waals surface area contributed by atoms with E-state index in [4.69, 9.17) is 0 Å². The maximum absolute atomic E-state index is 12.1. The summed E-state index contributed by atoms with van der Waals surface area (Å²) in [6.45, 7) is -0.858. The molecule has 0 spiro atoms. The van der Waals surface area contributed by atoms with E-state index in [1.807, 2.05) is 0 Å². The minimum atomic E-state index is -4.21. The highest BCUT2D eigenvalue weighted by molar-refractivity contribution is 9.10. The Balaban J connectivity index is 2.69. The Hall–Kier alpha value is -0.750. The van der Waals surface area contributed by atoms with Crippen LogP contribution in [0.15, 0.2) is 22.7 Å². The largest absolute Gasteiger partial charge is 0.508 e. The number of nitrogens with zero attached hydrogens (tertiary/aromatic N) is 1. The van der Waals surface area contributed by atoms with Crippen molar-refractivity contribution in [2.24, 2.45) is 0 Å². The lowest BCUT2D eigenvalue weighted by Gasteiger charge is -2.19.